The minimum Gasteiger partial charge on any atom is -0.496 e. The number of methoxy groups -OCH3 is 1. The van der Waals surface area contributed by atoms with Gasteiger partial charge in [-0.15, -0.1) is 0 Å². The maximum Gasteiger partial charge on any atom is 0.124 e. The Kier molecular flexibility index (Phi) is 3.06. The third-order valence-corrected chi connectivity index (χ3v) is 3.48. The summed E-state index contributed by atoms with van der Waals surface area (Å²) in [6, 6.07) is 13.8. The van der Waals surface area contributed by atoms with Crippen molar-refractivity contribution in [2.75, 3.05) is 12.8 Å². The molecule has 0 fully saturated rings. The van der Waals surface area contributed by atoms with Crippen LogP contribution in [0.3, 0.4) is 0 Å². The highest BCUT2D eigenvalue weighted by Gasteiger charge is 2.10. The third kappa shape index (κ3) is 2.09. The van der Waals surface area contributed by atoms with Crippen LogP contribution >= 0.6 is 0 Å². The molecule has 1 heterocycles. The van der Waals surface area contributed by atoms with Crippen LogP contribution in [0.4, 0.5) is 5.69 Å². The summed E-state index contributed by atoms with van der Waals surface area (Å²) in [6.45, 7) is 2.71. The number of anilines is 1. The van der Waals surface area contributed by atoms with Gasteiger partial charge in [-0.2, -0.15) is 0 Å². The lowest BCUT2D eigenvalue weighted by Crippen LogP contribution is -2.04. The molecule has 3 aromatic rings. The molecule has 4 nitrogen and oxygen atoms in total. The molecule has 102 valence electrons. The molecule has 20 heavy (non-hydrogen) atoms. The van der Waals surface area contributed by atoms with Gasteiger partial charge in [0.1, 0.15) is 11.6 Å². The van der Waals surface area contributed by atoms with Crippen LogP contribution in [0.5, 0.6) is 5.75 Å². The second-order valence-electron chi connectivity index (χ2n) is 4.81. The summed E-state index contributed by atoms with van der Waals surface area (Å²) >= 11 is 0. The molecule has 2 aromatic carbocycles. The molecular formula is C16H17N3O. The highest BCUT2D eigenvalue weighted by atomic mass is 16.5. The molecule has 0 bridgehead atoms. The first-order chi connectivity index (χ1) is 9.69. The predicted molar refractivity (Wildman–Crippen MR) is 81.0 cm³/mol. The molecule has 0 aliphatic carbocycles. The van der Waals surface area contributed by atoms with E-state index in [2.05, 4.69) is 15.6 Å². The summed E-state index contributed by atoms with van der Waals surface area (Å²) in [5.41, 5.74) is 9.80. The molecule has 0 unspecified atom stereocenters. The minimum atomic E-state index is 0.695. The van der Waals surface area contributed by atoms with Gasteiger partial charge in [0.05, 0.1) is 24.7 Å². The largest absolute Gasteiger partial charge is 0.496 e. The molecule has 2 N–H and O–H groups in total. The number of benzene rings is 2. The van der Waals surface area contributed by atoms with Crippen LogP contribution in [0.25, 0.3) is 11.0 Å². The van der Waals surface area contributed by atoms with E-state index in [1.165, 1.54) is 0 Å². The van der Waals surface area contributed by atoms with Crippen molar-refractivity contribution in [2.24, 2.45) is 0 Å². The summed E-state index contributed by atoms with van der Waals surface area (Å²) in [5.74, 6) is 1.83. The molecule has 0 spiro atoms. The summed E-state index contributed by atoms with van der Waals surface area (Å²) in [7, 11) is 1.67. The van der Waals surface area contributed by atoms with E-state index in [-0.39, 0.29) is 0 Å². The van der Waals surface area contributed by atoms with E-state index in [4.69, 9.17) is 10.5 Å². The van der Waals surface area contributed by atoms with E-state index < -0.39 is 0 Å². The Hall–Kier alpha value is -2.49. The fraction of sp³-hybridized carbons (Fsp3) is 0.188. The number of hydrogen-bond acceptors (Lipinski definition) is 3. The second kappa shape index (κ2) is 4.89. The monoisotopic (exact) mass is 267 g/mol. The van der Waals surface area contributed by atoms with Gasteiger partial charge in [0, 0.05) is 11.3 Å². The molecular weight excluding hydrogens is 250 g/mol. The van der Waals surface area contributed by atoms with E-state index in [0.717, 1.165) is 33.9 Å². The van der Waals surface area contributed by atoms with Crippen LogP contribution in [0.1, 0.15) is 11.4 Å². The number of imidazole rings is 1. The number of para-hydroxylation sites is 2. The zero-order valence-electron chi connectivity index (χ0n) is 11.6. The number of rotatable bonds is 3. The first kappa shape index (κ1) is 12.5. The van der Waals surface area contributed by atoms with Gasteiger partial charge in [-0.1, -0.05) is 12.1 Å². The van der Waals surface area contributed by atoms with Gasteiger partial charge in [-0.05, 0) is 37.3 Å². The van der Waals surface area contributed by atoms with Gasteiger partial charge in [0.15, 0.2) is 0 Å². The zero-order valence-corrected chi connectivity index (χ0v) is 11.6. The standard InChI is InChI=1S/C16H17N3O/c1-11-18-14-5-3-4-6-15(14)19(11)10-12-9-13(17)7-8-16(12)20-2/h3-9H,10,17H2,1-2H3. The number of fused-ring (bicyclic) bond motifs is 1. The van der Waals surface area contributed by atoms with E-state index >= 15 is 0 Å². The van der Waals surface area contributed by atoms with Crippen molar-refractivity contribution >= 4 is 16.7 Å². The molecule has 0 radical (unpaired) electrons. The molecule has 0 aliphatic rings. The van der Waals surface area contributed by atoms with Crippen LogP contribution < -0.4 is 10.5 Å². The van der Waals surface area contributed by atoms with Gasteiger partial charge in [-0.25, -0.2) is 4.98 Å². The lowest BCUT2D eigenvalue weighted by molar-refractivity contribution is 0.408. The zero-order chi connectivity index (χ0) is 14.1. The van der Waals surface area contributed by atoms with Gasteiger partial charge < -0.3 is 15.0 Å². The van der Waals surface area contributed by atoms with Gasteiger partial charge >= 0.3 is 0 Å². The Labute approximate surface area is 117 Å². The fourth-order valence-corrected chi connectivity index (χ4v) is 2.49. The van der Waals surface area contributed by atoms with Crippen molar-refractivity contribution in [2.45, 2.75) is 13.5 Å². The Morgan fingerprint density at radius 1 is 1.20 bits per heavy atom. The molecule has 0 saturated carbocycles. The summed E-state index contributed by atoms with van der Waals surface area (Å²) in [6.07, 6.45) is 0. The maximum atomic E-state index is 5.88. The smallest absolute Gasteiger partial charge is 0.124 e. The topological polar surface area (TPSA) is 53.1 Å². The molecule has 3 rings (SSSR count). The molecule has 4 heteroatoms. The third-order valence-electron chi connectivity index (χ3n) is 3.48. The van der Waals surface area contributed by atoms with E-state index in [1.807, 2.05) is 43.3 Å². The van der Waals surface area contributed by atoms with Crippen LogP contribution in [0, 0.1) is 6.92 Å². The van der Waals surface area contributed by atoms with E-state index in [1.54, 1.807) is 7.11 Å². The average Bonchev–Trinajstić information content (AvgIpc) is 2.76. The SMILES string of the molecule is COc1ccc(N)cc1Cn1c(C)nc2ccccc21. The number of aromatic nitrogens is 2. The van der Waals surface area contributed by atoms with Crippen LogP contribution in [-0.4, -0.2) is 16.7 Å². The number of ether oxygens (including phenoxy) is 1. The summed E-state index contributed by atoms with van der Waals surface area (Å²) in [5, 5.41) is 0. The van der Waals surface area contributed by atoms with E-state index in [9.17, 15) is 0 Å². The van der Waals surface area contributed by atoms with Crippen molar-refractivity contribution in [3.8, 4) is 5.75 Å². The molecule has 1 aromatic heterocycles. The number of nitrogen functional groups attached to an aromatic ring is 1. The van der Waals surface area contributed by atoms with E-state index in [0.29, 0.717) is 6.54 Å². The maximum absolute atomic E-state index is 5.88. The molecule has 0 aliphatic heterocycles. The van der Waals surface area contributed by atoms with Gasteiger partial charge in [0.25, 0.3) is 0 Å². The Balaban J connectivity index is 2.09. The van der Waals surface area contributed by atoms with Crippen LogP contribution in [0.2, 0.25) is 0 Å². The normalized spacial score (nSPS) is 10.9. The second-order valence-corrected chi connectivity index (χ2v) is 4.81. The number of hydrogen-bond donors (Lipinski definition) is 1. The Morgan fingerprint density at radius 3 is 2.80 bits per heavy atom. The Bertz CT molecular complexity index is 762. The van der Waals surface area contributed by atoms with Crippen molar-refractivity contribution in [1.82, 2.24) is 9.55 Å². The highest BCUT2D eigenvalue weighted by Crippen LogP contribution is 2.24. The Morgan fingerprint density at radius 2 is 2.00 bits per heavy atom. The van der Waals surface area contributed by atoms with Gasteiger partial charge in [-0.3, -0.25) is 0 Å². The van der Waals surface area contributed by atoms with Crippen molar-refractivity contribution in [3.05, 3.63) is 53.9 Å². The highest BCUT2D eigenvalue weighted by molar-refractivity contribution is 5.76. The number of nitrogens with two attached hydrogens (primary N) is 1. The van der Waals surface area contributed by atoms with Crippen molar-refractivity contribution < 1.29 is 4.74 Å². The first-order valence-corrected chi connectivity index (χ1v) is 6.53. The predicted octanol–water partition coefficient (Wildman–Crippen LogP) is 2.98. The minimum absolute atomic E-state index is 0.695. The molecule has 0 atom stereocenters. The van der Waals surface area contributed by atoms with Crippen molar-refractivity contribution in [3.63, 3.8) is 0 Å². The quantitative estimate of drug-likeness (QED) is 0.742. The molecule has 0 amide bonds. The molecule has 0 saturated heterocycles. The number of nitrogens with zero attached hydrogens (tertiary/aromatic N) is 2. The first-order valence-electron chi connectivity index (χ1n) is 6.53. The van der Waals surface area contributed by atoms with Crippen LogP contribution in [-0.2, 0) is 6.54 Å². The lowest BCUT2D eigenvalue weighted by Gasteiger charge is -2.12. The lowest BCUT2D eigenvalue weighted by atomic mass is 10.1. The summed E-state index contributed by atoms with van der Waals surface area (Å²) in [4.78, 5) is 4.58. The average molecular weight is 267 g/mol. The van der Waals surface area contributed by atoms with Crippen molar-refractivity contribution in [1.29, 1.82) is 0 Å². The number of aryl methyl sites for hydroxylation is 1. The summed E-state index contributed by atoms with van der Waals surface area (Å²) < 4.78 is 7.58. The van der Waals surface area contributed by atoms with Crippen LogP contribution in [0.15, 0.2) is 42.5 Å². The fourth-order valence-electron chi connectivity index (χ4n) is 2.49. The van der Waals surface area contributed by atoms with Gasteiger partial charge in [0.2, 0.25) is 0 Å².